The van der Waals surface area contributed by atoms with E-state index < -0.39 is 10.0 Å². The first-order valence-electron chi connectivity index (χ1n) is 7.80. The molecule has 3 rings (SSSR count). The predicted molar refractivity (Wildman–Crippen MR) is 89.3 cm³/mol. The first kappa shape index (κ1) is 16.8. The van der Waals surface area contributed by atoms with Crippen LogP contribution in [0.3, 0.4) is 0 Å². The molecule has 1 fully saturated rings. The zero-order valence-corrected chi connectivity index (χ0v) is 14.0. The number of rotatable bonds is 6. The molecule has 128 valence electrons. The average molecular weight is 350 g/mol. The van der Waals surface area contributed by atoms with Crippen molar-refractivity contribution in [2.24, 2.45) is 0 Å². The van der Waals surface area contributed by atoms with Crippen LogP contribution in [0.15, 0.2) is 36.5 Å². The highest BCUT2D eigenvalue weighted by molar-refractivity contribution is 7.88. The summed E-state index contributed by atoms with van der Waals surface area (Å²) < 4.78 is 39.7. The summed E-state index contributed by atoms with van der Waals surface area (Å²) in [6, 6.07) is 7.12. The molecule has 1 N–H and O–H groups in total. The summed E-state index contributed by atoms with van der Waals surface area (Å²) in [5.74, 6) is 0.0550. The maximum atomic E-state index is 12.9. The summed E-state index contributed by atoms with van der Waals surface area (Å²) in [6.07, 6.45) is 3.89. The third-order valence-electron chi connectivity index (χ3n) is 3.83. The number of nitrogens with one attached hydrogen (secondary N) is 1. The predicted octanol–water partition coefficient (Wildman–Crippen LogP) is 1.84. The molecule has 0 atom stereocenters. The van der Waals surface area contributed by atoms with E-state index in [9.17, 15) is 12.8 Å². The Labute approximate surface area is 140 Å². The lowest BCUT2D eigenvalue weighted by molar-refractivity contribution is 0.579. The van der Waals surface area contributed by atoms with Gasteiger partial charge in [0.1, 0.15) is 5.82 Å². The summed E-state index contributed by atoms with van der Waals surface area (Å²) in [7, 11) is -3.52. The zero-order valence-electron chi connectivity index (χ0n) is 13.2. The average Bonchev–Trinajstić information content (AvgIpc) is 3.10. The summed E-state index contributed by atoms with van der Waals surface area (Å²) in [5, 5.41) is 0. The molecular weight excluding hydrogens is 331 g/mol. The van der Waals surface area contributed by atoms with E-state index in [1.165, 1.54) is 24.3 Å². The molecule has 1 saturated heterocycles. The van der Waals surface area contributed by atoms with Crippen LogP contribution in [0.5, 0.6) is 0 Å². The number of benzene rings is 1. The van der Waals surface area contributed by atoms with E-state index in [0.29, 0.717) is 17.2 Å². The number of anilines is 1. The van der Waals surface area contributed by atoms with Crippen molar-refractivity contribution in [2.75, 3.05) is 18.0 Å². The Morgan fingerprint density at radius 3 is 2.54 bits per heavy atom. The van der Waals surface area contributed by atoms with Gasteiger partial charge in [0.25, 0.3) is 0 Å². The second-order valence-electron chi connectivity index (χ2n) is 5.75. The molecule has 24 heavy (non-hydrogen) atoms. The molecule has 1 aromatic heterocycles. The smallest absolute Gasteiger partial charge is 0.225 e. The van der Waals surface area contributed by atoms with Gasteiger partial charge in [0.05, 0.1) is 18.0 Å². The molecule has 1 aliphatic rings. The Hall–Kier alpha value is -2.06. The first-order valence-corrected chi connectivity index (χ1v) is 9.46. The summed E-state index contributed by atoms with van der Waals surface area (Å²) in [6.45, 7) is 1.96. The van der Waals surface area contributed by atoms with Crippen LogP contribution in [0.1, 0.15) is 24.1 Å². The number of sulfonamides is 1. The zero-order chi connectivity index (χ0) is 17.0. The quantitative estimate of drug-likeness (QED) is 0.860. The van der Waals surface area contributed by atoms with Crippen molar-refractivity contribution in [3.63, 3.8) is 0 Å². The van der Waals surface area contributed by atoms with Gasteiger partial charge in [-0.25, -0.2) is 27.5 Å². The molecule has 0 radical (unpaired) electrons. The van der Waals surface area contributed by atoms with Crippen LogP contribution in [0, 0.1) is 5.82 Å². The van der Waals surface area contributed by atoms with Gasteiger partial charge in [0.15, 0.2) is 0 Å². The minimum absolute atomic E-state index is 0.104. The molecule has 2 heterocycles. The fourth-order valence-corrected chi connectivity index (χ4v) is 3.69. The number of hydrogen-bond acceptors (Lipinski definition) is 5. The van der Waals surface area contributed by atoms with E-state index in [2.05, 4.69) is 19.6 Å². The Bertz CT molecular complexity index is 790. The van der Waals surface area contributed by atoms with Crippen LogP contribution in [-0.4, -0.2) is 31.5 Å². The molecule has 1 aliphatic heterocycles. The van der Waals surface area contributed by atoms with E-state index in [1.54, 1.807) is 12.3 Å². The van der Waals surface area contributed by atoms with Crippen molar-refractivity contribution in [3.8, 4) is 0 Å². The normalized spacial score (nSPS) is 15.0. The lowest BCUT2D eigenvalue weighted by Crippen LogP contribution is -2.26. The standard InChI is InChI=1S/C16H19FN4O2S/c17-14-5-3-13(4-6-14)12-24(22,23)19-11-15-7-8-18-16(20-15)21-9-1-2-10-21/h3-8,19H,1-2,9-12H2. The highest BCUT2D eigenvalue weighted by Gasteiger charge is 2.16. The van der Waals surface area contributed by atoms with Gasteiger partial charge in [0.2, 0.25) is 16.0 Å². The van der Waals surface area contributed by atoms with Gasteiger partial charge in [0, 0.05) is 19.3 Å². The molecule has 0 bridgehead atoms. The van der Waals surface area contributed by atoms with Gasteiger partial charge in [-0.1, -0.05) is 12.1 Å². The van der Waals surface area contributed by atoms with Gasteiger partial charge in [-0.15, -0.1) is 0 Å². The molecule has 8 heteroatoms. The van der Waals surface area contributed by atoms with Crippen molar-refractivity contribution < 1.29 is 12.8 Å². The molecule has 6 nitrogen and oxygen atoms in total. The van der Waals surface area contributed by atoms with Crippen molar-refractivity contribution in [2.45, 2.75) is 25.1 Å². The first-order chi connectivity index (χ1) is 11.5. The molecular formula is C16H19FN4O2S. The van der Waals surface area contributed by atoms with Gasteiger partial charge >= 0.3 is 0 Å². The van der Waals surface area contributed by atoms with Crippen LogP contribution < -0.4 is 9.62 Å². The Balaban J connectivity index is 1.61. The minimum Gasteiger partial charge on any atom is -0.341 e. The fourth-order valence-electron chi connectivity index (χ4n) is 2.59. The topological polar surface area (TPSA) is 75.2 Å². The van der Waals surface area contributed by atoms with Crippen molar-refractivity contribution in [3.05, 3.63) is 53.6 Å². The number of halogens is 1. The molecule has 0 spiro atoms. The van der Waals surface area contributed by atoms with Crippen molar-refractivity contribution >= 4 is 16.0 Å². The van der Waals surface area contributed by atoms with Crippen molar-refractivity contribution in [1.82, 2.24) is 14.7 Å². The maximum absolute atomic E-state index is 12.9. The monoisotopic (exact) mass is 350 g/mol. The minimum atomic E-state index is -3.52. The fraction of sp³-hybridized carbons (Fsp3) is 0.375. The lowest BCUT2D eigenvalue weighted by Gasteiger charge is -2.15. The van der Waals surface area contributed by atoms with Crippen LogP contribution in [-0.2, 0) is 22.3 Å². The van der Waals surface area contributed by atoms with Gasteiger partial charge in [-0.05, 0) is 36.6 Å². The van der Waals surface area contributed by atoms with E-state index in [4.69, 9.17) is 0 Å². The van der Waals surface area contributed by atoms with Gasteiger partial charge < -0.3 is 4.90 Å². The maximum Gasteiger partial charge on any atom is 0.225 e. The lowest BCUT2D eigenvalue weighted by atomic mass is 10.2. The summed E-state index contributed by atoms with van der Waals surface area (Å²) >= 11 is 0. The van der Waals surface area contributed by atoms with E-state index in [-0.39, 0.29) is 18.1 Å². The number of aromatic nitrogens is 2. The van der Waals surface area contributed by atoms with Gasteiger partial charge in [-0.2, -0.15) is 0 Å². The number of nitrogens with zero attached hydrogens (tertiary/aromatic N) is 3. The summed E-state index contributed by atoms with van der Waals surface area (Å²) in [4.78, 5) is 10.8. The molecule has 0 saturated carbocycles. The summed E-state index contributed by atoms with van der Waals surface area (Å²) in [5.41, 5.74) is 1.15. The third kappa shape index (κ3) is 4.48. The van der Waals surface area contributed by atoms with Crippen LogP contribution in [0.4, 0.5) is 10.3 Å². The van der Waals surface area contributed by atoms with Crippen LogP contribution in [0.25, 0.3) is 0 Å². The molecule has 2 aromatic rings. The Morgan fingerprint density at radius 2 is 1.83 bits per heavy atom. The molecule has 0 unspecified atom stereocenters. The van der Waals surface area contributed by atoms with E-state index in [1.807, 2.05) is 0 Å². The Kier molecular flexibility index (Phi) is 5.06. The highest BCUT2D eigenvalue weighted by atomic mass is 32.2. The third-order valence-corrected chi connectivity index (χ3v) is 5.13. The highest BCUT2D eigenvalue weighted by Crippen LogP contribution is 2.15. The SMILES string of the molecule is O=S(=O)(Cc1ccc(F)cc1)NCc1ccnc(N2CCCC2)n1. The Morgan fingerprint density at radius 1 is 1.12 bits per heavy atom. The van der Waals surface area contributed by atoms with E-state index in [0.717, 1.165) is 25.9 Å². The van der Waals surface area contributed by atoms with Crippen molar-refractivity contribution in [1.29, 1.82) is 0 Å². The largest absolute Gasteiger partial charge is 0.341 e. The van der Waals surface area contributed by atoms with Crippen LogP contribution >= 0.6 is 0 Å². The van der Waals surface area contributed by atoms with E-state index >= 15 is 0 Å². The van der Waals surface area contributed by atoms with Gasteiger partial charge in [-0.3, -0.25) is 0 Å². The molecule has 0 aliphatic carbocycles. The molecule has 0 amide bonds. The molecule has 1 aromatic carbocycles. The second-order valence-corrected chi connectivity index (χ2v) is 7.56. The number of hydrogen-bond donors (Lipinski definition) is 1. The second kappa shape index (κ2) is 7.23. The van der Waals surface area contributed by atoms with Crippen LogP contribution in [0.2, 0.25) is 0 Å².